The Morgan fingerprint density at radius 1 is 1.11 bits per heavy atom. The van der Waals surface area contributed by atoms with Crippen molar-refractivity contribution in [1.29, 1.82) is 0 Å². The predicted molar refractivity (Wildman–Crippen MR) is 102 cm³/mol. The Hall–Kier alpha value is -3.09. The fourth-order valence-electron chi connectivity index (χ4n) is 2.95. The number of carboxylic acids is 1. The van der Waals surface area contributed by atoms with Gasteiger partial charge in [0.2, 0.25) is 5.91 Å². The summed E-state index contributed by atoms with van der Waals surface area (Å²) in [5, 5.41) is 9.22. The molecule has 2 rings (SSSR count). The van der Waals surface area contributed by atoms with Gasteiger partial charge in [-0.15, -0.1) is 0 Å². The first kappa shape index (κ1) is 21.2. The van der Waals surface area contributed by atoms with Crippen molar-refractivity contribution in [2.24, 2.45) is 5.92 Å². The Bertz CT molecular complexity index is 817. The Morgan fingerprint density at radius 2 is 1.71 bits per heavy atom. The van der Waals surface area contributed by atoms with E-state index in [2.05, 4.69) is 0 Å². The first-order chi connectivity index (χ1) is 13.3. The van der Waals surface area contributed by atoms with Crippen LogP contribution in [0, 0.1) is 11.7 Å². The van der Waals surface area contributed by atoms with E-state index in [-0.39, 0.29) is 24.7 Å². The van der Waals surface area contributed by atoms with Crippen LogP contribution in [0.5, 0.6) is 11.5 Å². The molecule has 0 spiro atoms. The summed E-state index contributed by atoms with van der Waals surface area (Å²) in [5.74, 6) is -1.38. The number of aliphatic carboxylic acids is 1. The van der Waals surface area contributed by atoms with Gasteiger partial charge in [-0.1, -0.05) is 25.1 Å². The van der Waals surface area contributed by atoms with E-state index in [0.29, 0.717) is 22.6 Å². The minimum Gasteiger partial charge on any atom is -0.497 e. The smallest absolute Gasteiger partial charge is 0.323 e. The summed E-state index contributed by atoms with van der Waals surface area (Å²) in [6, 6.07) is 11.4. The molecular weight excluding hydrogens is 365 g/mol. The summed E-state index contributed by atoms with van der Waals surface area (Å²) in [4.78, 5) is 25.4. The average Bonchev–Trinajstić information content (AvgIpc) is 2.67. The summed E-state index contributed by atoms with van der Waals surface area (Å²) in [7, 11) is 3.02. The fourth-order valence-corrected chi connectivity index (χ4v) is 2.95. The van der Waals surface area contributed by atoms with Crippen molar-refractivity contribution in [1.82, 2.24) is 4.90 Å². The normalized spacial score (nSPS) is 11.6. The average molecular weight is 389 g/mol. The lowest BCUT2D eigenvalue weighted by Gasteiger charge is -2.25. The van der Waals surface area contributed by atoms with Crippen LogP contribution in [0.1, 0.15) is 18.1 Å². The van der Waals surface area contributed by atoms with E-state index in [0.717, 1.165) is 0 Å². The van der Waals surface area contributed by atoms with E-state index < -0.39 is 18.4 Å². The Labute approximate surface area is 163 Å². The van der Waals surface area contributed by atoms with Crippen molar-refractivity contribution < 1.29 is 28.6 Å². The Kier molecular flexibility index (Phi) is 7.37. The molecule has 1 unspecified atom stereocenters. The molecule has 0 fully saturated rings. The number of benzene rings is 2. The van der Waals surface area contributed by atoms with Gasteiger partial charge >= 0.3 is 5.97 Å². The third-order valence-corrected chi connectivity index (χ3v) is 4.33. The molecule has 7 heteroatoms. The maximum atomic E-state index is 13.9. The number of carbonyl (C=O) groups excluding carboxylic acids is 1. The molecule has 0 aliphatic heterocycles. The van der Waals surface area contributed by atoms with Crippen LogP contribution in [0.3, 0.4) is 0 Å². The molecule has 1 amide bonds. The molecule has 1 atom stereocenters. The van der Waals surface area contributed by atoms with Crippen LogP contribution in [0.2, 0.25) is 0 Å². The summed E-state index contributed by atoms with van der Waals surface area (Å²) in [6.45, 7) is 1.27. The molecule has 0 heterocycles. The molecule has 0 aliphatic rings. The molecular formula is C21H24FNO5. The van der Waals surface area contributed by atoms with Gasteiger partial charge in [0, 0.05) is 18.5 Å². The molecule has 6 nitrogen and oxygen atoms in total. The zero-order chi connectivity index (χ0) is 20.7. The van der Waals surface area contributed by atoms with Crippen molar-refractivity contribution in [2.75, 3.05) is 20.8 Å². The van der Waals surface area contributed by atoms with Crippen LogP contribution in [0.15, 0.2) is 42.5 Å². The van der Waals surface area contributed by atoms with Crippen LogP contribution < -0.4 is 9.47 Å². The Balaban J connectivity index is 2.21. The van der Waals surface area contributed by atoms with E-state index in [9.17, 15) is 19.1 Å². The van der Waals surface area contributed by atoms with Gasteiger partial charge in [0.1, 0.15) is 23.9 Å². The van der Waals surface area contributed by atoms with Gasteiger partial charge in [0.25, 0.3) is 0 Å². The van der Waals surface area contributed by atoms with Gasteiger partial charge in [-0.25, -0.2) is 4.39 Å². The highest BCUT2D eigenvalue weighted by molar-refractivity contribution is 5.83. The summed E-state index contributed by atoms with van der Waals surface area (Å²) in [6.07, 6.45) is 0.184. The second kappa shape index (κ2) is 9.73. The van der Waals surface area contributed by atoms with Crippen LogP contribution >= 0.6 is 0 Å². The molecule has 0 radical (unpaired) electrons. The van der Waals surface area contributed by atoms with E-state index >= 15 is 0 Å². The topological polar surface area (TPSA) is 76.1 Å². The monoisotopic (exact) mass is 389 g/mol. The molecule has 2 aromatic carbocycles. The van der Waals surface area contributed by atoms with Gasteiger partial charge in [-0.05, 0) is 35.7 Å². The number of nitrogens with zero attached hydrogens (tertiary/aromatic N) is 1. The van der Waals surface area contributed by atoms with Crippen molar-refractivity contribution >= 4 is 11.9 Å². The highest BCUT2D eigenvalue weighted by Crippen LogP contribution is 2.24. The van der Waals surface area contributed by atoms with Crippen molar-refractivity contribution in [2.45, 2.75) is 19.9 Å². The van der Waals surface area contributed by atoms with Crippen LogP contribution in [0.25, 0.3) is 0 Å². The lowest BCUT2D eigenvalue weighted by Crippen LogP contribution is -2.39. The highest BCUT2D eigenvalue weighted by Gasteiger charge is 2.24. The third kappa shape index (κ3) is 5.70. The highest BCUT2D eigenvalue weighted by atomic mass is 19.1. The number of ether oxygens (including phenoxy) is 2. The first-order valence-electron chi connectivity index (χ1n) is 8.80. The summed E-state index contributed by atoms with van der Waals surface area (Å²) < 4.78 is 24.3. The second-order valence-corrected chi connectivity index (χ2v) is 6.51. The van der Waals surface area contributed by atoms with Crippen molar-refractivity contribution in [3.8, 4) is 11.5 Å². The molecule has 28 heavy (non-hydrogen) atoms. The van der Waals surface area contributed by atoms with E-state index in [1.165, 1.54) is 25.2 Å². The summed E-state index contributed by atoms with van der Waals surface area (Å²) >= 11 is 0. The maximum absolute atomic E-state index is 13.9. The predicted octanol–water partition coefficient (Wildman–Crippen LogP) is 3.13. The van der Waals surface area contributed by atoms with Crippen molar-refractivity contribution in [3.05, 3.63) is 59.4 Å². The molecule has 0 saturated heterocycles. The molecule has 1 N–H and O–H groups in total. The van der Waals surface area contributed by atoms with E-state index in [1.807, 2.05) is 0 Å². The minimum absolute atomic E-state index is 0.0697. The third-order valence-electron chi connectivity index (χ3n) is 4.33. The van der Waals surface area contributed by atoms with Gasteiger partial charge in [0.15, 0.2) is 0 Å². The zero-order valence-electron chi connectivity index (χ0n) is 16.1. The number of hydrogen-bond acceptors (Lipinski definition) is 4. The van der Waals surface area contributed by atoms with Gasteiger partial charge in [-0.2, -0.15) is 0 Å². The number of halogens is 1. The SMILES string of the molecule is COc1cc(CN(CC(=O)O)C(=O)C(C)Cc2ccccc2F)cc(OC)c1. The first-order valence-corrected chi connectivity index (χ1v) is 8.80. The lowest BCUT2D eigenvalue weighted by molar-refractivity contribution is -0.146. The standard InChI is InChI=1S/C21H24FNO5/c1-14(8-16-6-4-5-7-19(16)22)21(26)23(13-20(24)25)12-15-9-17(27-2)11-18(10-15)28-3/h4-7,9-11,14H,8,12-13H2,1-3H3,(H,24,25). The van der Waals surface area contributed by atoms with Crippen LogP contribution in [-0.2, 0) is 22.6 Å². The van der Waals surface area contributed by atoms with E-state index in [4.69, 9.17) is 9.47 Å². The van der Waals surface area contributed by atoms with Crippen LogP contribution in [-0.4, -0.2) is 42.6 Å². The number of hydrogen-bond donors (Lipinski definition) is 1. The summed E-state index contributed by atoms with van der Waals surface area (Å²) in [5.41, 5.74) is 1.09. The van der Waals surface area contributed by atoms with Gasteiger partial charge in [0.05, 0.1) is 14.2 Å². The zero-order valence-corrected chi connectivity index (χ0v) is 16.1. The van der Waals surface area contributed by atoms with Gasteiger partial charge < -0.3 is 19.5 Å². The minimum atomic E-state index is -1.12. The number of carbonyl (C=O) groups is 2. The number of rotatable bonds is 9. The van der Waals surface area contributed by atoms with Crippen LogP contribution in [0.4, 0.5) is 4.39 Å². The number of methoxy groups -OCH3 is 2. The molecule has 0 saturated carbocycles. The number of carboxylic acid groups (broad SMARTS) is 1. The Morgan fingerprint density at radius 3 is 2.25 bits per heavy atom. The molecule has 0 aliphatic carbocycles. The lowest BCUT2D eigenvalue weighted by atomic mass is 9.99. The number of amides is 1. The molecule has 2 aromatic rings. The molecule has 0 aromatic heterocycles. The van der Waals surface area contributed by atoms with E-state index in [1.54, 1.807) is 43.3 Å². The quantitative estimate of drug-likeness (QED) is 0.713. The molecule has 0 bridgehead atoms. The van der Waals surface area contributed by atoms with Crippen molar-refractivity contribution in [3.63, 3.8) is 0 Å². The second-order valence-electron chi connectivity index (χ2n) is 6.51. The fraction of sp³-hybridized carbons (Fsp3) is 0.333. The maximum Gasteiger partial charge on any atom is 0.323 e. The van der Waals surface area contributed by atoms with Gasteiger partial charge in [-0.3, -0.25) is 9.59 Å². The molecule has 150 valence electrons. The largest absolute Gasteiger partial charge is 0.497 e.